The lowest BCUT2D eigenvalue weighted by molar-refractivity contribution is -0.127. The molecule has 0 N–H and O–H groups in total. The van der Waals surface area contributed by atoms with Crippen molar-refractivity contribution in [2.24, 2.45) is 10.5 Å². The molecule has 0 aromatic heterocycles. The molecule has 0 atom stereocenters. The van der Waals surface area contributed by atoms with E-state index < -0.39 is 5.41 Å². The quantitative estimate of drug-likeness (QED) is 0.859. The molecular formula is C16H20N2O3. The van der Waals surface area contributed by atoms with E-state index >= 15 is 0 Å². The van der Waals surface area contributed by atoms with E-state index in [1.807, 2.05) is 38.1 Å². The maximum absolute atomic E-state index is 12.8. The van der Waals surface area contributed by atoms with Crippen molar-refractivity contribution >= 4 is 17.3 Å². The molecule has 112 valence electrons. The minimum Gasteiger partial charge on any atom is -0.494 e. The number of ether oxygens (including phenoxy) is 2. The molecule has 1 aromatic carbocycles. The summed E-state index contributed by atoms with van der Waals surface area (Å²) in [5.41, 5.74) is 1.22. The molecule has 2 heterocycles. The second-order valence-corrected chi connectivity index (χ2v) is 5.42. The van der Waals surface area contributed by atoms with Gasteiger partial charge in [-0.1, -0.05) is 0 Å². The highest BCUT2D eigenvalue weighted by molar-refractivity contribution is 6.18. The van der Waals surface area contributed by atoms with E-state index in [-0.39, 0.29) is 5.91 Å². The van der Waals surface area contributed by atoms with Gasteiger partial charge in [-0.25, -0.2) is 0 Å². The third-order valence-corrected chi connectivity index (χ3v) is 4.28. The maximum atomic E-state index is 12.8. The summed E-state index contributed by atoms with van der Waals surface area (Å²) in [7, 11) is 0. The number of carbonyl (C=O) groups excluding carboxylic acids is 1. The number of amides is 1. The monoisotopic (exact) mass is 288 g/mol. The molecule has 1 fully saturated rings. The Morgan fingerprint density at radius 1 is 1.29 bits per heavy atom. The number of hydrogen-bond acceptors (Lipinski definition) is 4. The van der Waals surface area contributed by atoms with Gasteiger partial charge >= 0.3 is 0 Å². The van der Waals surface area contributed by atoms with Crippen molar-refractivity contribution in [2.75, 3.05) is 24.8 Å². The molecule has 2 aliphatic rings. The maximum Gasteiger partial charge on any atom is 0.259 e. The van der Waals surface area contributed by atoms with E-state index in [0.717, 1.165) is 17.1 Å². The number of anilines is 1. The second kappa shape index (κ2) is 5.48. The van der Waals surface area contributed by atoms with Crippen LogP contribution in [-0.4, -0.2) is 31.4 Å². The molecule has 0 radical (unpaired) electrons. The summed E-state index contributed by atoms with van der Waals surface area (Å²) in [6, 6.07) is 7.48. The summed E-state index contributed by atoms with van der Waals surface area (Å²) < 4.78 is 10.8. The summed E-state index contributed by atoms with van der Waals surface area (Å²) in [4.78, 5) is 12.8. The van der Waals surface area contributed by atoms with Crippen molar-refractivity contribution in [1.29, 1.82) is 0 Å². The van der Waals surface area contributed by atoms with Gasteiger partial charge in [-0.2, -0.15) is 10.1 Å². The van der Waals surface area contributed by atoms with Crippen LogP contribution in [0.25, 0.3) is 0 Å². The Labute approximate surface area is 124 Å². The van der Waals surface area contributed by atoms with Crippen LogP contribution >= 0.6 is 0 Å². The van der Waals surface area contributed by atoms with Gasteiger partial charge in [-0.3, -0.25) is 4.79 Å². The molecule has 0 unspecified atom stereocenters. The Kier molecular flexibility index (Phi) is 3.68. The largest absolute Gasteiger partial charge is 0.494 e. The van der Waals surface area contributed by atoms with Gasteiger partial charge in [0.15, 0.2) is 0 Å². The molecular weight excluding hydrogens is 268 g/mol. The van der Waals surface area contributed by atoms with Crippen LogP contribution in [0.5, 0.6) is 5.75 Å². The summed E-state index contributed by atoms with van der Waals surface area (Å²) in [5, 5.41) is 6.02. The van der Waals surface area contributed by atoms with E-state index in [1.54, 1.807) is 0 Å². The molecule has 5 nitrogen and oxygen atoms in total. The van der Waals surface area contributed by atoms with Gasteiger partial charge in [0.25, 0.3) is 5.91 Å². The number of hydrogen-bond donors (Lipinski definition) is 0. The van der Waals surface area contributed by atoms with E-state index in [4.69, 9.17) is 9.47 Å². The number of carbonyl (C=O) groups is 1. The van der Waals surface area contributed by atoms with Crippen molar-refractivity contribution in [2.45, 2.75) is 26.7 Å². The Morgan fingerprint density at radius 2 is 1.95 bits per heavy atom. The van der Waals surface area contributed by atoms with Crippen LogP contribution < -0.4 is 9.75 Å². The van der Waals surface area contributed by atoms with Crippen LogP contribution in [-0.2, 0) is 9.53 Å². The zero-order valence-electron chi connectivity index (χ0n) is 12.5. The number of benzene rings is 1. The van der Waals surface area contributed by atoms with Crippen molar-refractivity contribution in [3.05, 3.63) is 24.3 Å². The van der Waals surface area contributed by atoms with Gasteiger partial charge in [0, 0.05) is 13.2 Å². The van der Waals surface area contributed by atoms with Crippen LogP contribution in [0.3, 0.4) is 0 Å². The molecule has 0 aliphatic carbocycles. The molecule has 1 amide bonds. The van der Waals surface area contributed by atoms with Crippen molar-refractivity contribution in [3.63, 3.8) is 0 Å². The number of rotatable bonds is 3. The summed E-state index contributed by atoms with van der Waals surface area (Å²) >= 11 is 0. The van der Waals surface area contributed by atoms with Gasteiger partial charge in [0.1, 0.15) is 5.75 Å². The fraction of sp³-hybridized carbons (Fsp3) is 0.500. The molecule has 5 heteroatoms. The summed E-state index contributed by atoms with van der Waals surface area (Å²) in [6.07, 6.45) is 1.43. The molecule has 1 saturated heterocycles. The van der Waals surface area contributed by atoms with Gasteiger partial charge in [-0.15, -0.1) is 0 Å². The minimum absolute atomic E-state index is 0.0625. The highest BCUT2D eigenvalue weighted by Crippen LogP contribution is 2.40. The first-order valence-electron chi connectivity index (χ1n) is 7.38. The molecule has 21 heavy (non-hydrogen) atoms. The average Bonchev–Trinajstić information content (AvgIpc) is 2.75. The lowest BCUT2D eigenvalue weighted by Gasteiger charge is -2.31. The third-order valence-electron chi connectivity index (χ3n) is 4.28. The van der Waals surface area contributed by atoms with Crippen LogP contribution in [0.2, 0.25) is 0 Å². The van der Waals surface area contributed by atoms with E-state index in [0.29, 0.717) is 32.7 Å². The standard InChI is InChI=1S/C16H20N2O3/c1-3-21-14-6-4-13(5-7-14)18-15(19)16(12(2)17-18)8-10-20-11-9-16/h4-7H,3,8-11H2,1-2H3. The third kappa shape index (κ3) is 2.31. The normalized spacial score (nSPS) is 20.8. The first-order chi connectivity index (χ1) is 10.2. The van der Waals surface area contributed by atoms with Gasteiger partial charge < -0.3 is 9.47 Å². The van der Waals surface area contributed by atoms with Gasteiger partial charge in [0.05, 0.1) is 23.4 Å². The molecule has 1 spiro atoms. The summed E-state index contributed by atoms with van der Waals surface area (Å²) in [5.74, 6) is 0.863. The molecule has 2 aliphatic heterocycles. The fourth-order valence-corrected chi connectivity index (χ4v) is 2.97. The highest BCUT2D eigenvalue weighted by atomic mass is 16.5. The lowest BCUT2D eigenvalue weighted by atomic mass is 9.76. The smallest absolute Gasteiger partial charge is 0.259 e. The van der Waals surface area contributed by atoms with Crippen molar-refractivity contribution in [1.82, 2.24) is 0 Å². The van der Waals surface area contributed by atoms with E-state index in [9.17, 15) is 4.79 Å². The van der Waals surface area contributed by atoms with Gasteiger partial charge in [0.2, 0.25) is 0 Å². The Balaban J connectivity index is 1.85. The Hall–Kier alpha value is -1.88. The molecule has 0 bridgehead atoms. The molecule has 0 saturated carbocycles. The first kappa shape index (κ1) is 14.1. The number of hydrazone groups is 1. The highest BCUT2D eigenvalue weighted by Gasteiger charge is 2.50. The molecule has 3 rings (SSSR count). The van der Waals surface area contributed by atoms with Crippen molar-refractivity contribution in [3.8, 4) is 5.75 Å². The summed E-state index contributed by atoms with van der Waals surface area (Å²) in [6.45, 7) is 5.76. The Bertz CT molecular complexity index is 559. The van der Waals surface area contributed by atoms with E-state index in [2.05, 4.69) is 5.10 Å². The fourth-order valence-electron chi connectivity index (χ4n) is 2.97. The first-order valence-corrected chi connectivity index (χ1v) is 7.38. The Morgan fingerprint density at radius 3 is 2.57 bits per heavy atom. The predicted octanol–water partition coefficient (Wildman–Crippen LogP) is 2.60. The van der Waals surface area contributed by atoms with Gasteiger partial charge in [-0.05, 0) is 51.0 Å². The predicted molar refractivity (Wildman–Crippen MR) is 80.7 cm³/mol. The SMILES string of the molecule is CCOc1ccc(N2N=C(C)C3(CCOCC3)C2=O)cc1. The zero-order chi connectivity index (χ0) is 14.9. The zero-order valence-corrected chi connectivity index (χ0v) is 12.5. The topological polar surface area (TPSA) is 51.1 Å². The van der Waals surface area contributed by atoms with E-state index in [1.165, 1.54) is 5.01 Å². The number of nitrogens with zero attached hydrogens (tertiary/aromatic N) is 2. The lowest BCUT2D eigenvalue weighted by Crippen LogP contribution is -2.43. The van der Waals surface area contributed by atoms with Crippen molar-refractivity contribution < 1.29 is 14.3 Å². The average molecular weight is 288 g/mol. The van der Waals surface area contributed by atoms with Crippen LogP contribution in [0.15, 0.2) is 29.4 Å². The van der Waals surface area contributed by atoms with Crippen LogP contribution in [0.4, 0.5) is 5.69 Å². The van der Waals surface area contributed by atoms with Crippen LogP contribution in [0.1, 0.15) is 26.7 Å². The second-order valence-electron chi connectivity index (χ2n) is 5.42. The van der Waals surface area contributed by atoms with Crippen LogP contribution in [0, 0.1) is 5.41 Å². The molecule has 1 aromatic rings. The minimum atomic E-state index is -0.461.